The van der Waals surface area contributed by atoms with Crippen molar-refractivity contribution in [3.8, 4) is 0 Å². The van der Waals surface area contributed by atoms with Gasteiger partial charge in [-0.2, -0.15) is 0 Å². The molecule has 0 saturated carbocycles. The molecule has 2 rings (SSSR count). The molecule has 112 valence electrons. The van der Waals surface area contributed by atoms with Gasteiger partial charge < -0.3 is 9.72 Å². The first-order valence-corrected chi connectivity index (χ1v) is 7.92. The van der Waals surface area contributed by atoms with Crippen LogP contribution >= 0.6 is 11.3 Å². The zero-order chi connectivity index (χ0) is 14.7. The summed E-state index contributed by atoms with van der Waals surface area (Å²) in [5.41, 5.74) is 0.327. The minimum Gasteiger partial charge on any atom is -0.461 e. The maximum absolute atomic E-state index is 11.8. The highest BCUT2D eigenvalue weighted by molar-refractivity contribution is 7.09. The first kappa shape index (κ1) is 15.3. The normalized spacial score (nSPS) is 23.8. The van der Waals surface area contributed by atoms with E-state index < -0.39 is 5.97 Å². The number of rotatable bonds is 4. The van der Waals surface area contributed by atoms with Gasteiger partial charge >= 0.3 is 10.8 Å². The van der Waals surface area contributed by atoms with E-state index in [9.17, 15) is 9.59 Å². The Hall–Kier alpha value is -1.14. The number of nitrogens with one attached hydrogen (secondary N) is 1. The van der Waals surface area contributed by atoms with Crippen LogP contribution in [0.1, 0.15) is 42.6 Å². The van der Waals surface area contributed by atoms with Crippen LogP contribution in [-0.4, -0.2) is 35.5 Å². The van der Waals surface area contributed by atoms with Crippen molar-refractivity contribution in [2.75, 3.05) is 19.7 Å². The van der Waals surface area contributed by atoms with E-state index in [-0.39, 0.29) is 4.87 Å². The van der Waals surface area contributed by atoms with Gasteiger partial charge in [-0.25, -0.2) is 4.79 Å². The molecule has 2 unspecified atom stereocenters. The van der Waals surface area contributed by atoms with Crippen LogP contribution in [0.3, 0.4) is 0 Å². The number of likely N-dealkylation sites (tertiary alicyclic amines) is 1. The van der Waals surface area contributed by atoms with Crippen molar-refractivity contribution in [1.29, 1.82) is 0 Å². The molecule has 0 bridgehead atoms. The first-order valence-electron chi connectivity index (χ1n) is 7.11. The second kappa shape index (κ2) is 6.54. The summed E-state index contributed by atoms with van der Waals surface area (Å²) in [6.07, 6.45) is 1.24. The van der Waals surface area contributed by atoms with Gasteiger partial charge in [0.05, 0.1) is 11.5 Å². The van der Waals surface area contributed by atoms with Crippen LogP contribution in [0, 0.1) is 11.8 Å². The number of piperidine rings is 1. The molecule has 20 heavy (non-hydrogen) atoms. The zero-order valence-corrected chi connectivity index (χ0v) is 13.1. The molecule has 1 aliphatic heterocycles. The van der Waals surface area contributed by atoms with E-state index in [0.717, 1.165) is 29.3 Å². The van der Waals surface area contributed by atoms with E-state index in [2.05, 4.69) is 23.7 Å². The molecular formula is C14H22N2O3S. The molecule has 1 fully saturated rings. The molecule has 1 N–H and O–H groups in total. The highest BCUT2D eigenvalue weighted by atomic mass is 32.1. The number of carbonyl (C=O) groups is 1. The largest absolute Gasteiger partial charge is 0.461 e. The maximum Gasteiger partial charge on any atom is 0.356 e. The quantitative estimate of drug-likeness (QED) is 0.865. The lowest BCUT2D eigenvalue weighted by Gasteiger charge is -2.34. The summed E-state index contributed by atoms with van der Waals surface area (Å²) >= 11 is 1.11. The lowest BCUT2D eigenvalue weighted by atomic mass is 9.92. The van der Waals surface area contributed by atoms with Crippen LogP contribution < -0.4 is 4.87 Å². The van der Waals surface area contributed by atoms with E-state index in [1.165, 1.54) is 6.42 Å². The van der Waals surface area contributed by atoms with Gasteiger partial charge in [0, 0.05) is 19.6 Å². The Balaban J connectivity index is 2.12. The number of carbonyl (C=O) groups excluding carboxylic acids is 1. The summed E-state index contributed by atoms with van der Waals surface area (Å²) in [5, 5.41) is 0. The number of nitrogens with zero attached hydrogens (tertiary/aromatic N) is 1. The van der Waals surface area contributed by atoms with Crippen LogP contribution in [0.4, 0.5) is 0 Å². The average molecular weight is 298 g/mol. The maximum atomic E-state index is 11.8. The Morgan fingerprint density at radius 2 is 2.05 bits per heavy atom. The first-order chi connectivity index (χ1) is 9.49. The number of hydrogen-bond donors (Lipinski definition) is 1. The van der Waals surface area contributed by atoms with Crippen LogP contribution in [0.2, 0.25) is 0 Å². The van der Waals surface area contributed by atoms with Gasteiger partial charge in [-0.1, -0.05) is 25.2 Å². The number of aromatic amines is 1. The summed E-state index contributed by atoms with van der Waals surface area (Å²) in [6.45, 7) is 9.23. The van der Waals surface area contributed by atoms with Crippen LogP contribution in [0.15, 0.2) is 4.79 Å². The van der Waals surface area contributed by atoms with Gasteiger partial charge in [0.15, 0.2) is 0 Å². The summed E-state index contributed by atoms with van der Waals surface area (Å²) < 4.78 is 4.99. The van der Waals surface area contributed by atoms with Crippen molar-refractivity contribution < 1.29 is 9.53 Å². The smallest absolute Gasteiger partial charge is 0.356 e. The molecule has 6 heteroatoms. The second-order valence-electron chi connectivity index (χ2n) is 5.67. The van der Waals surface area contributed by atoms with E-state index in [4.69, 9.17) is 4.74 Å². The molecule has 1 saturated heterocycles. The Bertz CT molecular complexity index is 513. The molecule has 0 radical (unpaired) electrons. The fourth-order valence-corrected chi connectivity index (χ4v) is 3.82. The molecule has 0 aromatic carbocycles. The minimum absolute atomic E-state index is 0.193. The van der Waals surface area contributed by atoms with Crippen molar-refractivity contribution in [1.82, 2.24) is 9.88 Å². The molecular weight excluding hydrogens is 276 g/mol. The topological polar surface area (TPSA) is 62.4 Å². The number of aromatic nitrogens is 1. The van der Waals surface area contributed by atoms with Crippen LogP contribution in [0.25, 0.3) is 0 Å². The average Bonchev–Trinajstić information content (AvgIpc) is 2.69. The molecule has 5 nitrogen and oxygen atoms in total. The Labute approximate surface area is 122 Å². The van der Waals surface area contributed by atoms with Crippen molar-refractivity contribution in [2.24, 2.45) is 11.8 Å². The van der Waals surface area contributed by atoms with E-state index in [1.54, 1.807) is 6.92 Å². The predicted octanol–water partition coefficient (Wildman–Crippen LogP) is 2.09. The van der Waals surface area contributed by atoms with Gasteiger partial charge in [-0.05, 0) is 25.2 Å². The summed E-state index contributed by atoms with van der Waals surface area (Å²) in [6, 6.07) is 0. The monoisotopic (exact) mass is 298 g/mol. The van der Waals surface area contributed by atoms with Crippen molar-refractivity contribution in [3.05, 3.63) is 20.2 Å². The number of hydrogen-bond acceptors (Lipinski definition) is 5. The fourth-order valence-electron chi connectivity index (χ4n) is 2.96. The third-order valence-electron chi connectivity index (χ3n) is 3.51. The molecule has 1 aliphatic rings. The van der Waals surface area contributed by atoms with Gasteiger partial charge in [0.1, 0.15) is 5.69 Å². The van der Waals surface area contributed by atoms with Gasteiger partial charge in [0.2, 0.25) is 0 Å². The number of ether oxygens (including phenoxy) is 1. The molecule has 0 amide bonds. The van der Waals surface area contributed by atoms with Gasteiger partial charge in [-0.3, -0.25) is 9.69 Å². The van der Waals surface area contributed by atoms with Crippen molar-refractivity contribution in [2.45, 2.75) is 33.7 Å². The molecule has 1 aromatic rings. The Kier molecular flexibility index (Phi) is 4.99. The fraction of sp³-hybridized carbons (Fsp3) is 0.714. The highest BCUT2D eigenvalue weighted by Crippen LogP contribution is 2.24. The van der Waals surface area contributed by atoms with E-state index in [0.29, 0.717) is 30.7 Å². The Morgan fingerprint density at radius 3 is 2.65 bits per heavy atom. The van der Waals surface area contributed by atoms with Crippen LogP contribution in [0.5, 0.6) is 0 Å². The second-order valence-corrected chi connectivity index (χ2v) is 6.74. The van der Waals surface area contributed by atoms with Crippen LogP contribution in [-0.2, 0) is 11.3 Å². The zero-order valence-electron chi connectivity index (χ0n) is 12.3. The lowest BCUT2D eigenvalue weighted by molar-refractivity contribution is 0.0516. The number of thiazole rings is 1. The molecule has 0 aliphatic carbocycles. The van der Waals surface area contributed by atoms with E-state index >= 15 is 0 Å². The summed E-state index contributed by atoms with van der Waals surface area (Å²) in [7, 11) is 0. The minimum atomic E-state index is -0.432. The van der Waals surface area contributed by atoms with Gasteiger partial charge in [-0.15, -0.1) is 0 Å². The summed E-state index contributed by atoms with van der Waals surface area (Å²) in [5.74, 6) is 0.875. The van der Waals surface area contributed by atoms with E-state index in [1.807, 2.05) is 0 Å². The predicted molar refractivity (Wildman–Crippen MR) is 79.1 cm³/mol. The lowest BCUT2D eigenvalue weighted by Crippen LogP contribution is -2.38. The Morgan fingerprint density at radius 1 is 1.40 bits per heavy atom. The third-order valence-corrected chi connectivity index (χ3v) is 4.38. The number of H-pyrrole nitrogens is 1. The standard InChI is InChI=1S/C14H22N2O3S/c1-4-19-13(17)12-11(20-14(18)15-12)8-16-6-9(2)5-10(3)7-16/h9-10H,4-8H2,1-3H3,(H,15,18). The summed E-state index contributed by atoms with van der Waals surface area (Å²) in [4.78, 5) is 28.9. The van der Waals surface area contributed by atoms with Crippen molar-refractivity contribution >= 4 is 17.3 Å². The molecule has 2 heterocycles. The SMILES string of the molecule is CCOC(=O)c1[nH]c(=O)sc1CN1CC(C)CC(C)C1. The van der Waals surface area contributed by atoms with Crippen molar-refractivity contribution in [3.63, 3.8) is 0 Å². The highest BCUT2D eigenvalue weighted by Gasteiger charge is 2.25. The molecule has 2 atom stereocenters. The molecule has 1 aromatic heterocycles. The van der Waals surface area contributed by atoms with Gasteiger partial charge in [0.25, 0.3) is 0 Å². The molecule has 0 spiro atoms. The third kappa shape index (κ3) is 3.70. The number of esters is 1.